The Balaban J connectivity index is 1.94. The fraction of sp³-hybridized carbons (Fsp3) is 0.0588. The third kappa shape index (κ3) is 6.07. The number of hydrogen-bond acceptors (Lipinski definition) is 2. The van der Waals surface area contributed by atoms with Gasteiger partial charge in [-0.2, -0.15) is 13.2 Å². The Morgan fingerprint density at radius 1 is 0.960 bits per heavy atom. The Labute approximate surface area is 149 Å². The molecule has 0 heterocycles. The molecule has 0 saturated carbocycles. The van der Waals surface area contributed by atoms with E-state index in [-0.39, 0.29) is 5.69 Å². The average molecular weight is 413 g/mol. The molecule has 2 aromatic rings. The normalized spacial score (nSPS) is 11.4. The van der Waals surface area contributed by atoms with Gasteiger partial charge in [-0.1, -0.05) is 28.1 Å². The minimum Gasteiger partial charge on any atom is -0.323 e. The number of benzene rings is 2. The van der Waals surface area contributed by atoms with Crippen LogP contribution in [0.3, 0.4) is 0 Å². The van der Waals surface area contributed by atoms with E-state index in [2.05, 4.69) is 21.2 Å². The van der Waals surface area contributed by atoms with Gasteiger partial charge in [-0.05, 0) is 48.0 Å². The average Bonchev–Trinajstić information content (AvgIpc) is 2.54. The van der Waals surface area contributed by atoms with Crippen molar-refractivity contribution in [1.29, 1.82) is 0 Å². The van der Waals surface area contributed by atoms with Gasteiger partial charge in [0, 0.05) is 21.9 Å². The van der Waals surface area contributed by atoms with Crippen LogP contribution in [0, 0.1) is 0 Å². The first kappa shape index (κ1) is 18.7. The molecular formula is C17H12BrF3N2O2. The number of rotatable bonds is 4. The number of amides is 2. The van der Waals surface area contributed by atoms with Gasteiger partial charge >= 0.3 is 12.1 Å². The Bertz CT molecular complexity index is 802. The second-order valence-corrected chi connectivity index (χ2v) is 5.82. The zero-order valence-electron chi connectivity index (χ0n) is 12.6. The highest BCUT2D eigenvalue weighted by molar-refractivity contribution is 9.10. The quantitative estimate of drug-likeness (QED) is 0.720. The summed E-state index contributed by atoms with van der Waals surface area (Å²) in [6.45, 7) is 0. The molecule has 2 N–H and O–H groups in total. The zero-order valence-corrected chi connectivity index (χ0v) is 14.2. The van der Waals surface area contributed by atoms with E-state index in [1.54, 1.807) is 11.4 Å². The topological polar surface area (TPSA) is 58.2 Å². The van der Waals surface area contributed by atoms with E-state index in [4.69, 9.17) is 0 Å². The number of nitrogens with one attached hydrogen (secondary N) is 2. The monoisotopic (exact) mass is 412 g/mol. The lowest BCUT2D eigenvalue weighted by Gasteiger charge is -2.08. The van der Waals surface area contributed by atoms with Crippen LogP contribution < -0.4 is 10.6 Å². The van der Waals surface area contributed by atoms with Gasteiger partial charge in [-0.25, -0.2) is 0 Å². The third-order valence-corrected chi connectivity index (χ3v) is 3.44. The Morgan fingerprint density at radius 2 is 1.56 bits per heavy atom. The molecule has 0 bridgehead atoms. The second-order valence-electron chi connectivity index (χ2n) is 4.91. The lowest BCUT2D eigenvalue weighted by atomic mass is 10.2. The van der Waals surface area contributed by atoms with Crippen LogP contribution in [-0.4, -0.2) is 18.0 Å². The van der Waals surface area contributed by atoms with E-state index in [1.165, 1.54) is 30.3 Å². The van der Waals surface area contributed by atoms with Crippen LogP contribution in [0.4, 0.5) is 24.5 Å². The van der Waals surface area contributed by atoms with Gasteiger partial charge < -0.3 is 10.6 Å². The molecule has 2 aromatic carbocycles. The van der Waals surface area contributed by atoms with Crippen LogP contribution in [0.5, 0.6) is 0 Å². The van der Waals surface area contributed by atoms with Gasteiger partial charge in [0.1, 0.15) is 0 Å². The Hall–Kier alpha value is -2.61. The van der Waals surface area contributed by atoms with Gasteiger partial charge in [0.25, 0.3) is 0 Å². The molecule has 0 spiro atoms. The summed E-state index contributed by atoms with van der Waals surface area (Å²) in [5, 5.41) is 4.28. The summed E-state index contributed by atoms with van der Waals surface area (Å²) in [5.74, 6) is -2.45. The van der Waals surface area contributed by atoms with Crippen molar-refractivity contribution in [2.24, 2.45) is 0 Å². The third-order valence-electron chi connectivity index (χ3n) is 2.94. The van der Waals surface area contributed by atoms with Crippen molar-refractivity contribution in [2.45, 2.75) is 6.18 Å². The molecule has 25 heavy (non-hydrogen) atoms. The molecule has 4 nitrogen and oxygen atoms in total. The first-order valence-corrected chi connectivity index (χ1v) is 7.76. The van der Waals surface area contributed by atoms with Gasteiger partial charge in [-0.3, -0.25) is 9.59 Å². The smallest absolute Gasteiger partial charge is 0.323 e. The Kier molecular flexibility index (Phi) is 5.97. The lowest BCUT2D eigenvalue weighted by Crippen LogP contribution is -2.29. The van der Waals surface area contributed by atoms with Crippen molar-refractivity contribution >= 4 is 45.2 Å². The maximum Gasteiger partial charge on any atom is 0.471 e. The molecule has 0 aromatic heterocycles. The van der Waals surface area contributed by atoms with Crippen molar-refractivity contribution in [3.05, 3.63) is 64.6 Å². The minimum atomic E-state index is -4.95. The van der Waals surface area contributed by atoms with E-state index < -0.39 is 18.0 Å². The fourth-order valence-corrected chi connectivity index (χ4v) is 2.22. The first-order valence-electron chi connectivity index (χ1n) is 6.97. The van der Waals surface area contributed by atoms with Crippen molar-refractivity contribution in [2.75, 3.05) is 10.6 Å². The molecule has 0 aliphatic heterocycles. The van der Waals surface area contributed by atoms with Crippen molar-refractivity contribution in [3.63, 3.8) is 0 Å². The Morgan fingerprint density at radius 3 is 2.12 bits per heavy atom. The zero-order chi connectivity index (χ0) is 18.4. The summed E-state index contributed by atoms with van der Waals surface area (Å²) >= 11 is 3.32. The maximum atomic E-state index is 12.2. The molecule has 0 fully saturated rings. The highest BCUT2D eigenvalue weighted by Crippen LogP contribution is 2.19. The van der Waals surface area contributed by atoms with Gasteiger partial charge in [0.2, 0.25) is 5.91 Å². The molecule has 0 atom stereocenters. The van der Waals surface area contributed by atoms with E-state index in [1.807, 2.05) is 24.3 Å². The number of alkyl halides is 3. The maximum absolute atomic E-state index is 12.2. The van der Waals surface area contributed by atoms with Crippen LogP contribution in [0.1, 0.15) is 5.56 Å². The van der Waals surface area contributed by atoms with E-state index in [9.17, 15) is 22.8 Å². The predicted molar refractivity (Wildman–Crippen MR) is 92.9 cm³/mol. The van der Waals surface area contributed by atoms with Gasteiger partial charge in [-0.15, -0.1) is 0 Å². The highest BCUT2D eigenvalue weighted by Gasteiger charge is 2.38. The summed E-state index contributed by atoms with van der Waals surface area (Å²) in [7, 11) is 0. The van der Waals surface area contributed by atoms with Gasteiger partial charge in [0.05, 0.1) is 0 Å². The molecule has 0 aliphatic carbocycles. The fourth-order valence-electron chi connectivity index (χ4n) is 1.80. The SMILES string of the molecule is O=C(/C=C/c1cccc(Br)c1)Nc1ccc(NC(=O)C(F)(F)F)cc1. The number of anilines is 2. The number of carbonyl (C=O) groups is 2. The van der Waals surface area contributed by atoms with E-state index >= 15 is 0 Å². The van der Waals surface area contributed by atoms with Crippen LogP contribution in [0.2, 0.25) is 0 Å². The summed E-state index contributed by atoms with van der Waals surface area (Å²) in [6.07, 6.45) is -2.00. The highest BCUT2D eigenvalue weighted by atomic mass is 79.9. The molecule has 0 aliphatic rings. The van der Waals surface area contributed by atoms with E-state index in [0.717, 1.165) is 10.0 Å². The molecule has 2 rings (SSSR count). The van der Waals surface area contributed by atoms with Crippen LogP contribution in [0.25, 0.3) is 6.08 Å². The van der Waals surface area contributed by atoms with Crippen molar-refractivity contribution in [1.82, 2.24) is 0 Å². The molecule has 8 heteroatoms. The van der Waals surface area contributed by atoms with E-state index in [0.29, 0.717) is 5.69 Å². The molecular weight excluding hydrogens is 401 g/mol. The number of halogens is 4. The lowest BCUT2D eigenvalue weighted by molar-refractivity contribution is -0.167. The van der Waals surface area contributed by atoms with Gasteiger partial charge in [0.15, 0.2) is 0 Å². The molecule has 0 radical (unpaired) electrons. The van der Waals surface area contributed by atoms with Crippen LogP contribution in [0.15, 0.2) is 59.1 Å². The van der Waals surface area contributed by atoms with Crippen LogP contribution in [-0.2, 0) is 9.59 Å². The predicted octanol–water partition coefficient (Wildman–Crippen LogP) is 4.60. The summed E-state index contributed by atoms with van der Waals surface area (Å²) in [4.78, 5) is 22.7. The van der Waals surface area contributed by atoms with Crippen molar-refractivity contribution < 1.29 is 22.8 Å². The second kappa shape index (κ2) is 7.98. The summed E-state index contributed by atoms with van der Waals surface area (Å²) in [6, 6.07) is 12.6. The molecule has 0 unspecified atom stereocenters. The number of hydrogen-bond donors (Lipinski definition) is 2. The van der Waals surface area contributed by atoms with Crippen molar-refractivity contribution in [3.8, 4) is 0 Å². The number of carbonyl (C=O) groups excluding carboxylic acids is 2. The molecule has 130 valence electrons. The molecule has 2 amide bonds. The minimum absolute atomic E-state index is 0.0231. The first-order chi connectivity index (χ1) is 11.7. The summed E-state index contributed by atoms with van der Waals surface area (Å²) in [5.41, 5.74) is 1.19. The van der Waals surface area contributed by atoms with Crippen LogP contribution >= 0.6 is 15.9 Å². The molecule has 0 saturated heterocycles. The largest absolute Gasteiger partial charge is 0.471 e. The summed E-state index contributed by atoms with van der Waals surface area (Å²) < 4.78 is 37.3. The standard InChI is InChI=1S/C17H12BrF3N2O2/c18-12-3-1-2-11(10-12)4-9-15(24)22-13-5-7-14(8-6-13)23-16(25)17(19,20)21/h1-10H,(H,22,24)(H,23,25)/b9-4+.